The molecule has 1 saturated heterocycles. The quantitative estimate of drug-likeness (QED) is 0.927. The first-order valence-electron chi connectivity index (χ1n) is 6.97. The molecule has 0 amide bonds. The van der Waals surface area contributed by atoms with Gasteiger partial charge in [0.25, 0.3) is 0 Å². The van der Waals surface area contributed by atoms with Crippen molar-refractivity contribution in [1.29, 1.82) is 0 Å². The van der Waals surface area contributed by atoms with Crippen LogP contribution in [0.25, 0.3) is 0 Å². The Balaban J connectivity index is 2.24. The summed E-state index contributed by atoms with van der Waals surface area (Å²) in [5.41, 5.74) is 7.13. The molecule has 1 heterocycles. The lowest BCUT2D eigenvalue weighted by Gasteiger charge is -2.41. The van der Waals surface area contributed by atoms with Gasteiger partial charge in [-0.05, 0) is 31.5 Å². The number of rotatable bonds is 4. The van der Waals surface area contributed by atoms with Crippen molar-refractivity contribution in [2.75, 3.05) is 26.8 Å². The van der Waals surface area contributed by atoms with Gasteiger partial charge in [-0.15, -0.1) is 0 Å². The molecule has 0 aromatic heterocycles. The van der Waals surface area contributed by atoms with Gasteiger partial charge in [-0.1, -0.05) is 17.7 Å². The van der Waals surface area contributed by atoms with Crippen LogP contribution in [0.3, 0.4) is 0 Å². The number of benzene rings is 1. The number of nitrogens with two attached hydrogens (primary N) is 1. The fourth-order valence-corrected chi connectivity index (χ4v) is 2.98. The van der Waals surface area contributed by atoms with Crippen molar-refractivity contribution in [1.82, 2.24) is 4.90 Å². The highest BCUT2D eigenvalue weighted by Gasteiger charge is 2.30. The van der Waals surface area contributed by atoms with Crippen molar-refractivity contribution in [3.63, 3.8) is 0 Å². The van der Waals surface area contributed by atoms with Gasteiger partial charge in [0, 0.05) is 25.2 Å². The van der Waals surface area contributed by atoms with E-state index in [4.69, 9.17) is 26.8 Å². The second-order valence-corrected chi connectivity index (χ2v) is 5.74. The van der Waals surface area contributed by atoms with E-state index in [1.54, 1.807) is 7.11 Å². The molecule has 0 aliphatic carbocycles. The molecule has 2 N–H and O–H groups in total. The highest BCUT2D eigenvalue weighted by Crippen LogP contribution is 2.31. The van der Waals surface area contributed by atoms with E-state index in [2.05, 4.69) is 18.7 Å². The van der Waals surface area contributed by atoms with Crippen LogP contribution >= 0.6 is 11.6 Å². The summed E-state index contributed by atoms with van der Waals surface area (Å²) in [7, 11) is 1.62. The van der Waals surface area contributed by atoms with Gasteiger partial charge in [0.1, 0.15) is 5.75 Å². The zero-order chi connectivity index (χ0) is 14.7. The molecule has 5 heteroatoms. The van der Waals surface area contributed by atoms with E-state index in [1.165, 1.54) is 0 Å². The summed E-state index contributed by atoms with van der Waals surface area (Å²) in [6.45, 7) is 6.43. The Hall–Kier alpha value is -0.810. The molecule has 1 aliphatic rings. The largest absolute Gasteiger partial charge is 0.495 e. The van der Waals surface area contributed by atoms with Crippen LogP contribution in [0.1, 0.15) is 25.5 Å². The maximum Gasteiger partial charge on any atom is 0.137 e. The summed E-state index contributed by atoms with van der Waals surface area (Å²) in [5, 5.41) is 0.623. The average Bonchev–Trinajstić information content (AvgIpc) is 2.44. The third kappa shape index (κ3) is 3.26. The SMILES string of the molecule is COc1ccc(C(CN)N2CC(C)OCC2C)cc1Cl. The van der Waals surface area contributed by atoms with Crippen LogP contribution < -0.4 is 10.5 Å². The molecule has 112 valence electrons. The number of ether oxygens (including phenoxy) is 2. The minimum absolute atomic E-state index is 0.153. The Morgan fingerprint density at radius 2 is 2.25 bits per heavy atom. The second-order valence-electron chi connectivity index (χ2n) is 5.34. The van der Waals surface area contributed by atoms with Crippen LogP contribution in [0.15, 0.2) is 18.2 Å². The Morgan fingerprint density at radius 3 is 2.85 bits per heavy atom. The summed E-state index contributed by atoms with van der Waals surface area (Å²) >= 11 is 6.23. The predicted molar refractivity (Wildman–Crippen MR) is 81.4 cm³/mol. The molecule has 1 aliphatic heterocycles. The maximum absolute atomic E-state index is 6.23. The molecule has 20 heavy (non-hydrogen) atoms. The zero-order valence-corrected chi connectivity index (χ0v) is 13.1. The van der Waals surface area contributed by atoms with E-state index in [-0.39, 0.29) is 12.1 Å². The lowest BCUT2D eigenvalue weighted by Crippen LogP contribution is -2.50. The summed E-state index contributed by atoms with van der Waals surface area (Å²) in [4.78, 5) is 2.40. The Morgan fingerprint density at radius 1 is 1.50 bits per heavy atom. The topological polar surface area (TPSA) is 47.7 Å². The number of hydrogen-bond acceptors (Lipinski definition) is 4. The van der Waals surface area contributed by atoms with Crippen LogP contribution in [0, 0.1) is 0 Å². The summed E-state index contributed by atoms with van der Waals surface area (Å²) in [6.07, 6.45) is 0.231. The third-order valence-corrected chi connectivity index (χ3v) is 4.14. The second kappa shape index (κ2) is 6.76. The fourth-order valence-electron chi connectivity index (χ4n) is 2.72. The summed E-state index contributed by atoms with van der Waals surface area (Å²) in [6, 6.07) is 6.38. The van der Waals surface area contributed by atoms with Gasteiger partial charge in [0.15, 0.2) is 0 Å². The van der Waals surface area contributed by atoms with Crippen LogP contribution in [-0.4, -0.2) is 43.9 Å². The molecule has 0 radical (unpaired) electrons. The molecule has 0 bridgehead atoms. The molecule has 0 spiro atoms. The smallest absolute Gasteiger partial charge is 0.137 e. The van der Waals surface area contributed by atoms with Gasteiger partial charge in [-0.3, -0.25) is 4.90 Å². The first-order valence-corrected chi connectivity index (χ1v) is 7.35. The van der Waals surface area contributed by atoms with Gasteiger partial charge in [0.05, 0.1) is 24.8 Å². The molecule has 1 aromatic carbocycles. The highest BCUT2D eigenvalue weighted by atomic mass is 35.5. The Labute approximate surface area is 125 Å². The molecule has 3 atom stereocenters. The first-order chi connectivity index (χ1) is 9.56. The fraction of sp³-hybridized carbons (Fsp3) is 0.600. The molecular weight excluding hydrogens is 276 g/mol. The van der Waals surface area contributed by atoms with Crippen LogP contribution in [0.4, 0.5) is 0 Å². The van der Waals surface area contributed by atoms with Gasteiger partial charge in [-0.25, -0.2) is 0 Å². The number of morpholine rings is 1. The summed E-state index contributed by atoms with van der Waals surface area (Å²) < 4.78 is 10.9. The number of nitrogens with zero attached hydrogens (tertiary/aromatic N) is 1. The standard InChI is InChI=1S/C15H23ClN2O2/c1-10-9-20-11(2)8-18(10)14(7-17)12-4-5-15(19-3)13(16)6-12/h4-6,10-11,14H,7-9,17H2,1-3H3. The van der Waals surface area contributed by atoms with Crippen LogP contribution in [0.2, 0.25) is 5.02 Å². The monoisotopic (exact) mass is 298 g/mol. The minimum Gasteiger partial charge on any atom is -0.495 e. The van der Waals surface area contributed by atoms with E-state index >= 15 is 0 Å². The molecule has 0 saturated carbocycles. The van der Waals surface area contributed by atoms with Crippen molar-refractivity contribution in [2.45, 2.75) is 32.0 Å². The van der Waals surface area contributed by atoms with Crippen molar-refractivity contribution in [3.8, 4) is 5.75 Å². The van der Waals surface area contributed by atoms with Gasteiger partial charge >= 0.3 is 0 Å². The Kier molecular flexibility index (Phi) is 5.27. The van der Waals surface area contributed by atoms with Gasteiger partial charge in [-0.2, -0.15) is 0 Å². The molecule has 3 unspecified atom stereocenters. The number of halogens is 1. The molecule has 2 rings (SSSR count). The summed E-state index contributed by atoms with van der Waals surface area (Å²) in [5.74, 6) is 0.689. The van der Waals surface area contributed by atoms with Gasteiger partial charge < -0.3 is 15.2 Å². The highest BCUT2D eigenvalue weighted by molar-refractivity contribution is 6.32. The average molecular weight is 299 g/mol. The Bertz CT molecular complexity index is 455. The lowest BCUT2D eigenvalue weighted by molar-refractivity contribution is -0.0653. The van der Waals surface area contributed by atoms with Gasteiger partial charge in [0.2, 0.25) is 0 Å². The van der Waals surface area contributed by atoms with E-state index in [9.17, 15) is 0 Å². The predicted octanol–water partition coefficient (Wildman–Crippen LogP) is 2.46. The van der Waals surface area contributed by atoms with Crippen LogP contribution in [0.5, 0.6) is 5.75 Å². The molecule has 1 aromatic rings. The number of hydrogen-bond donors (Lipinski definition) is 1. The van der Waals surface area contributed by atoms with Crippen molar-refractivity contribution >= 4 is 11.6 Å². The van der Waals surface area contributed by atoms with E-state index in [0.29, 0.717) is 23.4 Å². The molecule has 1 fully saturated rings. The molecular formula is C15H23ClN2O2. The van der Waals surface area contributed by atoms with E-state index in [0.717, 1.165) is 18.7 Å². The zero-order valence-electron chi connectivity index (χ0n) is 12.3. The minimum atomic E-state index is 0.153. The van der Waals surface area contributed by atoms with E-state index < -0.39 is 0 Å². The third-order valence-electron chi connectivity index (χ3n) is 3.84. The van der Waals surface area contributed by atoms with Crippen molar-refractivity contribution in [2.24, 2.45) is 5.73 Å². The van der Waals surface area contributed by atoms with Crippen molar-refractivity contribution in [3.05, 3.63) is 28.8 Å². The molecule has 4 nitrogen and oxygen atoms in total. The number of methoxy groups -OCH3 is 1. The van der Waals surface area contributed by atoms with Crippen molar-refractivity contribution < 1.29 is 9.47 Å². The first kappa shape index (κ1) is 15.6. The maximum atomic E-state index is 6.23. The lowest BCUT2D eigenvalue weighted by atomic mass is 10.0. The van der Waals surface area contributed by atoms with Crippen LogP contribution in [-0.2, 0) is 4.74 Å². The van der Waals surface area contributed by atoms with E-state index in [1.807, 2.05) is 18.2 Å². The normalized spacial score (nSPS) is 25.4.